The Morgan fingerprint density at radius 3 is 2.62 bits per heavy atom. The van der Waals surface area contributed by atoms with Crippen molar-refractivity contribution in [3.8, 4) is 5.75 Å². The molecule has 1 aromatic heterocycles. The standard InChI is InChI=1S/C17H13ClFN3O3S/c18-15-12-6-5-11(7-13(12)26-16(15)17(24)22-20)25-8-14(23)21-10-3-1-9(19)2-4-10/h1-7H,8,20H2,(H,21,23)(H,22,24). The summed E-state index contributed by atoms with van der Waals surface area (Å²) in [7, 11) is 0. The third-order valence-electron chi connectivity index (χ3n) is 3.44. The van der Waals surface area contributed by atoms with Crippen LogP contribution in [0.15, 0.2) is 42.5 Å². The highest BCUT2D eigenvalue weighted by Gasteiger charge is 2.16. The first-order valence-electron chi connectivity index (χ1n) is 7.39. The van der Waals surface area contributed by atoms with Crippen LogP contribution in [0, 0.1) is 5.82 Å². The van der Waals surface area contributed by atoms with Crippen molar-refractivity contribution in [2.24, 2.45) is 5.84 Å². The monoisotopic (exact) mass is 393 g/mol. The Labute approximate surface area is 156 Å². The maximum atomic E-state index is 12.8. The molecule has 0 atom stereocenters. The van der Waals surface area contributed by atoms with Gasteiger partial charge >= 0.3 is 0 Å². The predicted molar refractivity (Wildman–Crippen MR) is 99.0 cm³/mol. The van der Waals surface area contributed by atoms with Gasteiger partial charge in [-0.3, -0.25) is 15.0 Å². The summed E-state index contributed by atoms with van der Waals surface area (Å²) in [6, 6.07) is 10.4. The van der Waals surface area contributed by atoms with Crippen LogP contribution in [-0.4, -0.2) is 18.4 Å². The predicted octanol–water partition coefficient (Wildman–Crippen LogP) is 3.31. The van der Waals surface area contributed by atoms with Gasteiger partial charge in [-0.25, -0.2) is 10.2 Å². The maximum absolute atomic E-state index is 12.8. The molecule has 1 heterocycles. The second kappa shape index (κ2) is 7.69. The van der Waals surface area contributed by atoms with E-state index in [1.54, 1.807) is 18.2 Å². The van der Waals surface area contributed by atoms with Crippen molar-refractivity contribution >= 4 is 50.5 Å². The van der Waals surface area contributed by atoms with Crippen molar-refractivity contribution < 1.29 is 18.7 Å². The van der Waals surface area contributed by atoms with Crippen LogP contribution in [0.2, 0.25) is 5.02 Å². The van der Waals surface area contributed by atoms with Gasteiger partial charge in [0.25, 0.3) is 11.8 Å². The lowest BCUT2D eigenvalue weighted by Crippen LogP contribution is -2.29. The molecule has 0 spiro atoms. The van der Waals surface area contributed by atoms with Gasteiger partial charge in [0.05, 0.1) is 5.02 Å². The molecular formula is C17H13ClFN3O3S. The second-order valence-corrected chi connectivity index (χ2v) is 6.65. The summed E-state index contributed by atoms with van der Waals surface area (Å²) in [6.07, 6.45) is 0. The van der Waals surface area contributed by atoms with Crippen molar-refractivity contribution in [1.82, 2.24) is 5.43 Å². The lowest BCUT2D eigenvalue weighted by Gasteiger charge is -2.07. The van der Waals surface area contributed by atoms with E-state index >= 15 is 0 Å². The summed E-state index contributed by atoms with van der Waals surface area (Å²) in [4.78, 5) is 23.9. The second-order valence-electron chi connectivity index (χ2n) is 5.22. The Kier molecular flexibility index (Phi) is 5.36. The van der Waals surface area contributed by atoms with E-state index in [0.717, 1.165) is 4.70 Å². The van der Waals surface area contributed by atoms with E-state index < -0.39 is 5.91 Å². The number of nitrogens with one attached hydrogen (secondary N) is 2. The number of hydrogen-bond acceptors (Lipinski definition) is 5. The van der Waals surface area contributed by atoms with Gasteiger partial charge in [0.2, 0.25) is 0 Å². The molecule has 9 heteroatoms. The van der Waals surface area contributed by atoms with Crippen LogP contribution < -0.4 is 21.3 Å². The highest BCUT2D eigenvalue weighted by Crippen LogP contribution is 2.37. The zero-order chi connectivity index (χ0) is 18.7. The Morgan fingerprint density at radius 2 is 1.92 bits per heavy atom. The SMILES string of the molecule is NNC(=O)c1sc2cc(OCC(=O)Nc3ccc(F)cc3)ccc2c1Cl. The molecule has 2 aromatic carbocycles. The summed E-state index contributed by atoms with van der Waals surface area (Å²) in [5, 5.41) is 3.60. The Balaban J connectivity index is 1.68. The van der Waals surface area contributed by atoms with Crippen LogP contribution in [0.3, 0.4) is 0 Å². The van der Waals surface area contributed by atoms with Crippen molar-refractivity contribution in [3.63, 3.8) is 0 Å². The van der Waals surface area contributed by atoms with Crippen LogP contribution in [0.5, 0.6) is 5.75 Å². The van der Waals surface area contributed by atoms with E-state index in [2.05, 4.69) is 5.32 Å². The number of amides is 2. The average molecular weight is 394 g/mol. The summed E-state index contributed by atoms with van der Waals surface area (Å²) >= 11 is 7.34. The van der Waals surface area contributed by atoms with Gasteiger partial charge < -0.3 is 10.1 Å². The number of fused-ring (bicyclic) bond motifs is 1. The fraction of sp³-hybridized carbons (Fsp3) is 0.0588. The van der Waals surface area contributed by atoms with Gasteiger partial charge in [-0.15, -0.1) is 11.3 Å². The van der Waals surface area contributed by atoms with E-state index in [1.807, 2.05) is 5.43 Å². The van der Waals surface area contributed by atoms with Gasteiger partial charge in [0.1, 0.15) is 16.4 Å². The molecule has 4 N–H and O–H groups in total. The van der Waals surface area contributed by atoms with E-state index in [-0.39, 0.29) is 18.3 Å². The number of carbonyl (C=O) groups excluding carboxylic acids is 2. The number of halogens is 2. The van der Waals surface area contributed by atoms with E-state index in [4.69, 9.17) is 22.2 Å². The molecule has 0 saturated heterocycles. The van der Waals surface area contributed by atoms with Crippen molar-refractivity contribution in [3.05, 3.63) is 58.2 Å². The highest BCUT2D eigenvalue weighted by atomic mass is 35.5. The van der Waals surface area contributed by atoms with Gasteiger partial charge in [-0.2, -0.15) is 0 Å². The largest absolute Gasteiger partial charge is 0.484 e. The molecule has 26 heavy (non-hydrogen) atoms. The van der Waals surface area contributed by atoms with Crippen LogP contribution in [-0.2, 0) is 4.79 Å². The lowest BCUT2D eigenvalue weighted by atomic mass is 10.2. The topological polar surface area (TPSA) is 93.4 Å². The zero-order valence-electron chi connectivity index (χ0n) is 13.2. The Hall–Kier alpha value is -2.68. The summed E-state index contributed by atoms with van der Waals surface area (Å²) in [5.74, 6) is 4.34. The van der Waals surface area contributed by atoms with E-state index in [1.165, 1.54) is 35.6 Å². The van der Waals surface area contributed by atoms with E-state index in [0.29, 0.717) is 26.7 Å². The molecule has 3 rings (SSSR count). The number of nitrogen functional groups attached to an aromatic ring is 1. The van der Waals surface area contributed by atoms with Crippen molar-refractivity contribution in [1.29, 1.82) is 0 Å². The number of hydrogen-bond donors (Lipinski definition) is 3. The minimum absolute atomic E-state index is 0.224. The molecular weight excluding hydrogens is 381 g/mol. The van der Waals surface area contributed by atoms with E-state index in [9.17, 15) is 14.0 Å². The Bertz CT molecular complexity index is 975. The summed E-state index contributed by atoms with van der Waals surface area (Å²) in [6.45, 7) is -0.224. The number of rotatable bonds is 5. The molecule has 2 amide bonds. The first-order chi connectivity index (χ1) is 12.5. The fourth-order valence-corrected chi connectivity index (χ4v) is 3.67. The number of benzene rings is 2. The quantitative estimate of drug-likeness (QED) is 0.352. The molecule has 0 aliphatic heterocycles. The number of ether oxygens (including phenoxy) is 1. The summed E-state index contributed by atoms with van der Waals surface area (Å²) < 4.78 is 19.0. The van der Waals surface area contributed by atoms with Crippen molar-refractivity contribution in [2.45, 2.75) is 0 Å². The number of anilines is 1. The molecule has 134 valence electrons. The molecule has 0 saturated carbocycles. The first kappa shape index (κ1) is 18.1. The molecule has 0 aliphatic carbocycles. The van der Waals surface area contributed by atoms with Gasteiger partial charge in [0.15, 0.2) is 6.61 Å². The van der Waals surface area contributed by atoms with Crippen LogP contribution in [0.4, 0.5) is 10.1 Å². The average Bonchev–Trinajstić information content (AvgIpc) is 2.97. The first-order valence-corrected chi connectivity index (χ1v) is 8.58. The third kappa shape index (κ3) is 3.93. The summed E-state index contributed by atoms with van der Waals surface area (Å²) in [5.41, 5.74) is 2.51. The molecule has 3 aromatic rings. The smallest absolute Gasteiger partial charge is 0.276 e. The Morgan fingerprint density at radius 1 is 1.19 bits per heavy atom. The van der Waals surface area contributed by atoms with Gasteiger partial charge in [-0.1, -0.05) is 11.6 Å². The maximum Gasteiger partial charge on any atom is 0.276 e. The number of nitrogens with two attached hydrogens (primary N) is 1. The van der Waals surface area contributed by atoms with Gasteiger partial charge in [0, 0.05) is 15.8 Å². The minimum Gasteiger partial charge on any atom is -0.484 e. The number of carbonyl (C=O) groups is 2. The number of hydrazine groups is 1. The molecule has 6 nitrogen and oxygen atoms in total. The third-order valence-corrected chi connectivity index (χ3v) is 5.09. The normalized spacial score (nSPS) is 10.6. The van der Waals surface area contributed by atoms with Crippen LogP contribution in [0.25, 0.3) is 10.1 Å². The molecule has 0 unspecified atom stereocenters. The molecule has 0 fully saturated rings. The van der Waals surface area contributed by atoms with Crippen LogP contribution in [0.1, 0.15) is 9.67 Å². The van der Waals surface area contributed by atoms with Crippen LogP contribution >= 0.6 is 22.9 Å². The zero-order valence-corrected chi connectivity index (χ0v) is 14.8. The highest BCUT2D eigenvalue weighted by molar-refractivity contribution is 7.21. The fourth-order valence-electron chi connectivity index (χ4n) is 2.23. The van der Waals surface area contributed by atoms with Crippen molar-refractivity contribution in [2.75, 3.05) is 11.9 Å². The van der Waals surface area contributed by atoms with Gasteiger partial charge in [-0.05, 0) is 42.5 Å². The lowest BCUT2D eigenvalue weighted by molar-refractivity contribution is -0.118. The number of thiophene rings is 1. The minimum atomic E-state index is -0.475. The molecule has 0 radical (unpaired) electrons. The molecule has 0 aliphatic rings. The molecule has 0 bridgehead atoms.